The second-order valence-electron chi connectivity index (χ2n) is 6.36. The normalized spacial score (nSPS) is 11.2. The van der Waals surface area contributed by atoms with Crippen LogP contribution in [-0.4, -0.2) is 28.6 Å². The van der Waals surface area contributed by atoms with Crippen molar-refractivity contribution >= 4 is 44.7 Å². The summed E-state index contributed by atoms with van der Waals surface area (Å²) in [5.41, 5.74) is 0.807. The van der Waals surface area contributed by atoms with Crippen LogP contribution in [0.25, 0.3) is 10.2 Å². The van der Waals surface area contributed by atoms with Gasteiger partial charge in [-0.05, 0) is 55.5 Å². The Morgan fingerprint density at radius 2 is 2.06 bits per heavy atom. The molecule has 2 heterocycles. The number of ether oxygens (including phenoxy) is 1. The summed E-state index contributed by atoms with van der Waals surface area (Å²) >= 11 is 1.08. The number of rotatable bonds is 7. The molecular formula is C21H15FN4O5S. The summed E-state index contributed by atoms with van der Waals surface area (Å²) in [5, 5.41) is 16.2. The SMILES string of the molecule is CCOc1ccc(C(=O)N(/N=C/c2ccc([N+](=O)[O-])o2)c2nc3ccc(F)cc3s2)cc1. The second kappa shape index (κ2) is 8.94. The van der Waals surface area contributed by atoms with Crippen LogP contribution in [0.4, 0.5) is 15.4 Å². The van der Waals surface area contributed by atoms with Gasteiger partial charge in [0.25, 0.3) is 5.91 Å². The number of halogens is 1. The van der Waals surface area contributed by atoms with E-state index in [9.17, 15) is 19.3 Å². The number of hydrazone groups is 1. The van der Waals surface area contributed by atoms with Crippen LogP contribution in [0.15, 0.2) is 64.1 Å². The van der Waals surface area contributed by atoms with Gasteiger partial charge in [-0.15, -0.1) is 0 Å². The van der Waals surface area contributed by atoms with Crippen LogP contribution < -0.4 is 9.75 Å². The van der Waals surface area contributed by atoms with Crippen LogP contribution in [0.2, 0.25) is 0 Å². The average molecular weight is 454 g/mol. The van der Waals surface area contributed by atoms with Crippen LogP contribution in [0, 0.1) is 15.9 Å². The first-order chi connectivity index (χ1) is 15.4. The second-order valence-corrected chi connectivity index (χ2v) is 7.37. The van der Waals surface area contributed by atoms with Gasteiger partial charge in [-0.3, -0.25) is 14.9 Å². The van der Waals surface area contributed by atoms with Crippen molar-refractivity contribution in [3.63, 3.8) is 0 Å². The zero-order valence-electron chi connectivity index (χ0n) is 16.6. The molecule has 0 bridgehead atoms. The molecule has 0 aliphatic rings. The lowest BCUT2D eigenvalue weighted by Crippen LogP contribution is -2.25. The van der Waals surface area contributed by atoms with Crippen molar-refractivity contribution in [1.29, 1.82) is 0 Å². The first kappa shape index (κ1) is 21.1. The van der Waals surface area contributed by atoms with Crippen LogP contribution in [0.1, 0.15) is 23.0 Å². The summed E-state index contributed by atoms with van der Waals surface area (Å²) < 4.78 is 24.6. The quantitative estimate of drug-likeness (QED) is 0.220. The summed E-state index contributed by atoms with van der Waals surface area (Å²) in [6.45, 7) is 2.34. The van der Waals surface area contributed by atoms with Crippen molar-refractivity contribution in [2.75, 3.05) is 11.6 Å². The lowest BCUT2D eigenvalue weighted by molar-refractivity contribution is -0.402. The molecule has 162 valence electrons. The molecule has 2 aromatic heterocycles. The van der Waals surface area contributed by atoms with E-state index < -0.39 is 22.5 Å². The van der Waals surface area contributed by atoms with Gasteiger partial charge in [-0.1, -0.05) is 11.3 Å². The largest absolute Gasteiger partial charge is 0.494 e. The summed E-state index contributed by atoms with van der Waals surface area (Å²) in [7, 11) is 0. The van der Waals surface area contributed by atoms with E-state index in [0.29, 0.717) is 28.1 Å². The number of hydrogen-bond acceptors (Lipinski definition) is 8. The van der Waals surface area contributed by atoms with Gasteiger partial charge >= 0.3 is 5.88 Å². The topological polar surface area (TPSA) is 111 Å². The van der Waals surface area contributed by atoms with E-state index in [2.05, 4.69) is 10.1 Å². The van der Waals surface area contributed by atoms with Gasteiger partial charge in [0.1, 0.15) is 16.5 Å². The highest BCUT2D eigenvalue weighted by Gasteiger charge is 2.22. The number of carbonyl (C=O) groups is 1. The van der Waals surface area contributed by atoms with Crippen molar-refractivity contribution < 1.29 is 23.3 Å². The van der Waals surface area contributed by atoms with Gasteiger partial charge in [-0.2, -0.15) is 10.1 Å². The first-order valence-electron chi connectivity index (χ1n) is 9.36. The number of nitro groups is 1. The maximum atomic E-state index is 13.6. The molecule has 2 aromatic carbocycles. The number of carbonyl (C=O) groups excluding carboxylic acids is 1. The Bertz CT molecular complexity index is 1320. The molecule has 4 aromatic rings. The molecule has 0 atom stereocenters. The molecule has 0 radical (unpaired) electrons. The fourth-order valence-corrected chi connectivity index (χ4v) is 3.72. The molecule has 0 N–H and O–H groups in total. The molecule has 0 aliphatic heterocycles. The Hall–Kier alpha value is -4.12. The molecule has 0 unspecified atom stereocenters. The number of amides is 1. The van der Waals surface area contributed by atoms with E-state index in [1.165, 1.54) is 36.5 Å². The smallest absolute Gasteiger partial charge is 0.433 e. The Morgan fingerprint density at radius 3 is 2.75 bits per heavy atom. The highest BCUT2D eigenvalue weighted by molar-refractivity contribution is 7.22. The van der Waals surface area contributed by atoms with Gasteiger partial charge in [0.05, 0.1) is 29.1 Å². The van der Waals surface area contributed by atoms with E-state index in [1.54, 1.807) is 24.3 Å². The first-order valence-corrected chi connectivity index (χ1v) is 10.2. The van der Waals surface area contributed by atoms with E-state index in [4.69, 9.17) is 9.15 Å². The molecule has 0 fully saturated rings. The third-order valence-corrected chi connectivity index (χ3v) is 5.21. The van der Waals surface area contributed by atoms with Gasteiger partial charge in [-0.25, -0.2) is 9.37 Å². The van der Waals surface area contributed by atoms with Gasteiger partial charge in [0.15, 0.2) is 5.76 Å². The van der Waals surface area contributed by atoms with E-state index in [0.717, 1.165) is 16.3 Å². The molecule has 0 saturated carbocycles. The molecule has 0 spiro atoms. The number of anilines is 1. The fourth-order valence-electron chi connectivity index (χ4n) is 2.77. The minimum absolute atomic E-state index is 0.0772. The summed E-state index contributed by atoms with van der Waals surface area (Å²) in [6, 6.07) is 13.1. The Morgan fingerprint density at radius 1 is 1.28 bits per heavy atom. The molecule has 0 saturated heterocycles. The number of benzene rings is 2. The Kier molecular flexibility index (Phi) is 5.90. The molecule has 9 nitrogen and oxygen atoms in total. The predicted octanol–water partition coefficient (Wildman–Crippen LogP) is 5.02. The number of thiazole rings is 1. The predicted molar refractivity (Wildman–Crippen MR) is 117 cm³/mol. The maximum absolute atomic E-state index is 13.6. The van der Waals surface area contributed by atoms with E-state index in [-0.39, 0.29) is 10.9 Å². The van der Waals surface area contributed by atoms with Gasteiger partial charge in [0, 0.05) is 5.56 Å². The minimum atomic E-state index is -0.678. The van der Waals surface area contributed by atoms with Crippen molar-refractivity contribution in [1.82, 2.24) is 4.98 Å². The number of aromatic nitrogens is 1. The third kappa shape index (κ3) is 4.47. The van der Waals surface area contributed by atoms with Crippen LogP contribution in [0.5, 0.6) is 5.75 Å². The van der Waals surface area contributed by atoms with Crippen LogP contribution in [0.3, 0.4) is 0 Å². The van der Waals surface area contributed by atoms with Crippen molar-refractivity contribution in [3.8, 4) is 5.75 Å². The molecule has 32 heavy (non-hydrogen) atoms. The highest BCUT2D eigenvalue weighted by Crippen LogP contribution is 2.31. The fraction of sp³-hybridized carbons (Fsp3) is 0.0952. The summed E-state index contributed by atoms with van der Waals surface area (Å²) in [5.74, 6) is -0.703. The Balaban J connectivity index is 1.71. The zero-order valence-corrected chi connectivity index (χ0v) is 17.4. The van der Waals surface area contributed by atoms with Gasteiger partial charge < -0.3 is 9.15 Å². The molecular weight excluding hydrogens is 439 g/mol. The standard InChI is InChI=1S/C21H15FN4O5S/c1-2-30-15-6-3-13(4-7-15)20(27)25(23-12-16-8-10-19(31-16)26(28)29)21-24-17-9-5-14(22)11-18(17)32-21/h3-12H,2H2,1H3/b23-12+. The monoisotopic (exact) mass is 454 g/mol. The number of furan rings is 1. The molecule has 11 heteroatoms. The lowest BCUT2D eigenvalue weighted by Gasteiger charge is -2.14. The van der Waals surface area contributed by atoms with Crippen molar-refractivity contribution in [2.24, 2.45) is 5.10 Å². The minimum Gasteiger partial charge on any atom is -0.494 e. The van der Waals surface area contributed by atoms with Crippen LogP contribution in [-0.2, 0) is 0 Å². The molecule has 0 aliphatic carbocycles. The van der Waals surface area contributed by atoms with Crippen molar-refractivity contribution in [3.05, 3.63) is 81.9 Å². The number of hydrogen-bond donors (Lipinski definition) is 0. The molecule has 4 rings (SSSR count). The van der Waals surface area contributed by atoms with Crippen LogP contribution >= 0.6 is 11.3 Å². The highest BCUT2D eigenvalue weighted by atomic mass is 32.1. The number of fused-ring (bicyclic) bond motifs is 1. The van der Waals surface area contributed by atoms with Crippen molar-refractivity contribution in [2.45, 2.75) is 6.92 Å². The lowest BCUT2D eigenvalue weighted by atomic mass is 10.2. The average Bonchev–Trinajstić information content (AvgIpc) is 3.41. The van der Waals surface area contributed by atoms with E-state index in [1.807, 2.05) is 6.92 Å². The summed E-state index contributed by atoms with van der Waals surface area (Å²) in [4.78, 5) is 27.7. The third-order valence-electron chi connectivity index (χ3n) is 4.22. The number of nitrogens with zero attached hydrogens (tertiary/aromatic N) is 4. The van der Waals surface area contributed by atoms with E-state index >= 15 is 0 Å². The van der Waals surface area contributed by atoms with Gasteiger partial charge in [0.2, 0.25) is 5.13 Å². The zero-order chi connectivity index (χ0) is 22.7. The molecule has 1 amide bonds. The summed E-state index contributed by atoms with van der Waals surface area (Å²) in [6.07, 6.45) is 1.17. The maximum Gasteiger partial charge on any atom is 0.433 e. The Labute approximate surface area is 184 Å².